The molecule has 4 heteroatoms. The third kappa shape index (κ3) is 23.5. The maximum Gasteiger partial charge on any atom is 1.00 e. The second kappa shape index (κ2) is 32.8. The Morgan fingerprint density at radius 1 is 0.947 bits per heavy atom. The number of unbranched alkanes of at least 4 members (excludes halogenated alkanes) is 4. The van der Waals surface area contributed by atoms with E-state index < -0.39 is 0 Å². The van der Waals surface area contributed by atoms with Gasteiger partial charge in [-0.1, -0.05) is 117 Å². The van der Waals surface area contributed by atoms with Crippen LogP contribution in [0.25, 0.3) is 11.3 Å². The Hall–Kier alpha value is -0.364. The first kappa shape index (κ1) is 44.6. The minimum Gasteiger partial charge on any atom is -0.358 e. The van der Waals surface area contributed by atoms with Gasteiger partial charge in [0.05, 0.1) is 5.69 Å². The molecule has 0 saturated carbocycles. The van der Waals surface area contributed by atoms with Gasteiger partial charge in [0.1, 0.15) is 0 Å². The van der Waals surface area contributed by atoms with Gasteiger partial charge in [0, 0.05) is 22.4 Å². The molecule has 0 spiro atoms. The predicted molar refractivity (Wildman–Crippen MR) is 174 cm³/mol. The van der Waals surface area contributed by atoms with Crippen LogP contribution in [-0.4, -0.2) is 4.98 Å². The van der Waals surface area contributed by atoms with Gasteiger partial charge in [-0.2, -0.15) is 0 Å². The molecule has 0 bridgehead atoms. The van der Waals surface area contributed by atoms with Crippen molar-refractivity contribution in [1.29, 1.82) is 0 Å². The van der Waals surface area contributed by atoms with Crippen molar-refractivity contribution >= 4 is 11.9 Å². The predicted octanol–water partition coefficient (Wildman–Crippen LogP) is 8.96. The van der Waals surface area contributed by atoms with Crippen molar-refractivity contribution in [3.8, 4) is 11.3 Å². The molecule has 2 aromatic rings. The number of allylic oxidation sites excluding steroid dienone is 2. The molecule has 0 radical (unpaired) electrons. The Bertz CT molecular complexity index is 786. The summed E-state index contributed by atoms with van der Waals surface area (Å²) in [6.07, 6.45) is 16.0. The van der Waals surface area contributed by atoms with Crippen molar-refractivity contribution < 1.29 is 51.4 Å². The zero-order chi connectivity index (χ0) is 27.6. The van der Waals surface area contributed by atoms with Gasteiger partial charge in [0.2, 0.25) is 0 Å². The van der Waals surface area contributed by atoms with Crippen LogP contribution < -0.4 is 56.1 Å². The van der Waals surface area contributed by atoms with Crippen LogP contribution >= 0.6 is 11.9 Å². The summed E-state index contributed by atoms with van der Waals surface area (Å²) in [5, 5.41) is 0. The minimum atomic E-state index is 0. The molecule has 0 aliphatic heterocycles. The number of nitrogens with zero attached hydrogens (tertiary/aromatic N) is 1. The second-order valence-electron chi connectivity index (χ2n) is 8.70. The molecule has 38 heavy (non-hydrogen) atoms. The minimum absolute atomic E-state index is 0. The van der Waals surface area contributed by atoms with Crippen LogP contribution in [0.3, 0.4) is 0 Å². The van der Waals surface area contributed by atoms with Crippen molar-refractivity contribution in [2.45, 2.75) is 124 Å². The van der Waals surface area contributed by atoms with Gasteiger partial charge in [0.25, 0.3) is 0 Å². The number of aryl methyl sites for hydroxylation is 2. The molecule has 1 aromatic heterocycles. The Kier molecular flexibility index (Phi) is 38.6. The topological polar surface area (TPSA) is 24.9 Å². The Morgan fingerprint density at radius 3 is 2.08 bits per heavy atom. The molecule has 1 aromatic carbocycles. The van der Waals surface area contributed by atoms with Crippen LogP contribution in [-0.2, 0) is 6.42 Å². The number of hydrogen-bond donors (Lipinski definition) is 1. The van der Waals surface area contributed by atoms with Crippen molar-refractivity contribution in [3.63, 3.8) is 0 Å². The number of nitrogens with one attached hydrogen (secondary N) is 1. The fraction of sp³-hybridized carbons (Fsp3) is 0.529. The van der Waals surface area contributed by atoms with Crippen molar-refractivity contribution in [3.05, 3.63) is 80.0 Å². The molecule has 0 aliphatic carbocycles. The standard InChI is InChI=1S/C24H32N2S.C4H10.C3H8.C2H6.CH3.K/c1-5-7-9-10-12-21-14-15-23(25-18-21)22-17-19(3)13-16-24(22)27-26-20(4)11-8-6-2;1-3-4-2;1-3-2;1-2;;/h6,13-18,26H,2,4-5,7-12H2,1,3H3;3-4H2,1-2H3;3H2,1-2H3;1-2H3;1H3;/q;;;;-1;+1. The summed E-state index contributed by atoms with van der Waals surface area (Å²) in [5.41, 5.74) is 5.78. The van der Waals surface area contributed by atoms with Gasteiger partial charge in [-0.05, 0) is 68.3 Å². The van der Waals surface area contributed by atoms with Crippen molar-refractivity contribution in [2.75, 3.05) is 0 Å². The van der Waals surface area contributed by atoms with Crippen LogP contribution in [0.4, 0.5) is 0 Å². The number of rotatable bonds is 13. The maximum atomic E-state index is 4.75. The van der Waals surface area contributed by atoms with Crippen LogP contribution in [0, 0.1) is 14.4 Å². The molecule has 0 fully saturated rings. The van der Waals surface area contributed by atoms with Crippen LogP contribution in [0.15, 0.2) is 66.4 Å². The monoisotopic (exact) mass is 566 g/mol. The second-order valence-corrected chi connectivity index (χ2v) is 9.55. The zero-order valence-electron chi connectivity index (χ0n) is 26.9. The first-order chi connectivity index (χ1) is 17.5. The average Bonchev–Trinajstić information content (AvgIpc) is 2.91. The Labute approximate surface area is 285 Å². The quantitative estimate of drug-likeness (QED) is 0.0861. The van der Waals surface area contributed by atoms with Gasteiger partial charge < -0.3 is 12.1 Å². The summed E-state index contributed by atoms with van der Waals surface area (Å²) < 4.78 is 3.36. The van der Waals surface area contributed by atoms with Crippen LogP contribution in [0.2, 0.25) is 0 Å². The molecule has 212 valence electrons. The van der Waals surface area contributed by atoms with E-state index in [-0.39, 0.29) is 58.8 Å². The van der Waals surface area contributed by atoms with Gasteiger partial charge in [-0.3, -0.25) is 4.98 Å². The summed E-state index contributed by atoms with van der Waals surface area (Å²) in [7, 11) is 0. The van der Waals surface area contributed by atoms with E-state index in [2.05, 4.69) is 89.8 Å². The van der Waals surface area contributed by atoms with Gasteiger partial charge in [0.15, 0.2) is 0 Å². The summed E-state index contributed by atoms with van der Waals surface area (Å²) in [6.45, 7) is 24.8. The van der Waals surface area contributed by atoms with E-state index in [4.69, 9.17) is 4.98 Å². The molecule has 2 nitrogen and oxygen atoms in total. The number of aromatic nitrogens is 1. The molecule has 0 unspecified atom stereocenters. The molecular weight excluding hydrogens is 508 g/mol. The maximum absolute atomic E-state index is 4.75. The van der Waals surface area contributed by atoms with E-state index in [0.29, 0.717) is 0 Å². The average molecular weight is 567 g/mol. The molecule has 0 saturated heterocycles. The largest absolute Gasteiger partial charge is 1.00 e. The van der Waals surface area contributed by atoms with E-state index in [9.17, 15) is 0 Å². The fourth-order valence-corrected chi connectivity index (χ4v) is 3.64. The number of pyridine rings is 1. The SMILES string of the molecule is C=CCCC(=C)NSc1ccc(C)cc1-c1ccc(CCCCCC)cn1.CC.CCC.CCCC.[CH3-].[K+]. The van der Waals surface area contributed by atoms with Gasteiger partial charge in [-0.25, -0.2) is 0 Å². The first-order valence-electron chi connectivity index (χ1n) is 14.2. The Balaban J connectivity index is -0.000000462. The van der Waals surface area contributed by atoms with Crippen molar-refractivity contribution in [1.82, 2.24) is 9.71 Å². The Morgan fingerprint density at radius 2 is 1.58 bits per heavy atom. The van der Waals surface area contributed by atoms with Crippen molar-refractivity contribution in [2.24, 2.45) is 0 Å². The van der Waals surface area contributed by atoms with Gasteiger partial charge >= 0.3 is 51.4 Å². The molecule has 1 N–H and O–H groups in total. The molecule has 2 rings (SSSR count). The molecular formula is C34H59KN2S. The smallest absolute Gasteiger partial charge is 0.358 e. The molecule has 0 amide bonds. The van der Waals surface area contributed by atoms with E-state index >= 15 is 0 Å². The molecule has 0 atom stereocenters. The first-order valence-corrected chi connectivity index (χ1v) is 15.1. The number of hydrogen-bond acceptors (Lipinski definition) is 3. The fourth-order valence-electron chi connectivity index (χ4n) is 2.88. The normalized spacial score (nSPS) is 8.95. The van der Waals surface area contributed by atoms with E-state index in [0.717, 1.165) is 30.7 Å². The summed E-state index contributed by atoms with van der Waals surface area (Å²) in [4.78, 5) is 5.92. The van der Waals surface area contributed by atoms with E-state index in [1.165, 1.54) is 66.5 Å². The van der Waals surface area contributed by atoms with Crippen LogP contribution in [0.1, 0.15) is 117 Å². The third-order valence-electron chi connectivity index (χ3n) is 5.01. The summed E-state index contributed by atoms with van der Waals surface area (Å²) >= 11 is 1.61. The van der Waals surface area contributed by atoms with Gasteiger partial charge in [-0.15, -0.1) is 6.58 Å². The van der Waals surface area contributed by atoms with E-state index in [1.54, 1.807) is 11.9 Å². The summed E-state index contributed by atoms with van der Waals surface area (Å²) in [6, 6.07) is 10.9. The summed E-state index contributed by atoms with van der Waals surface area (Å²) in [5.74, 6) is 0. The van der Waals surface area contributed by atoms with Crippen LogP contribution in [0.5, 0.6) is 0 Å². The van der Waals surface area contributed by atoms with E-state index in [1.807, 2.05) is 26.1 Å². The number of benzene rings is 1. The third-order valence-corrected chi connectivity index (χ3v) is 5.98. The zero-order valence-corrected chi connectivity index (χ0v) is 30.8. The molecule has 1 heterocycles. The molecule has 0 aliphatic rings.